The summed E-state index contributed by atoms with van der Waals surface area (Å²) in [5.74, 6) is -0.720. The van der Waals surface area contributed by atoms with Crippen LogP contribution in [0.3, 0.4) is 0 Å². The first kappa shape index (κ1) is 13.1. The molecule has 0 saturated heterocycles. The number of thiophene rings is 1. The Morgan fingerprint density at radius 1 is 1.35 bits per heavy atom. The molecule has 0 amide bonds. The highest BCUT2D eigenvalue weighted by Crippen LogP contribution is 2.27. The standard InChI is InChI=1S/C11H13ClO3S2/c12-11-6-5-10(16-11)9(13)7-17(14,15)8-3-1-2-4-8/h5-6,8H,1-4,7H2. The molecule has 0 aromatic carbocycles. The molecule has 0 atom stereocenters. The Morgan fingerprint density at radius 2 is 2.00 bits per heavy atom. The Balaban J connectivity index is 2.08. The van der Waals surface area contributed by atoms with E-state index >= 15 is 0 Å². The number of Topliss-reactive ketones (excluding diaryl/α,β-unsaturated/α-hetero) is 1. The summed E-state index contributed by atoms with van der Waals surface area (Å²) in [6, 6.07) is 3.20. The van der Waals surface area contributed by atoms with Gasteiger partial charge in [-0.3, -0.25) is 4.79 Å². The van der Waals surface area contributed by atoms with Crippen molar-refractivity contribution in [1.82, 2.24) is 0 Å². The maximum Gasteiger partial charge on any atom is 0.187 e. The SMILES string of the molecule is O=C(CS(=O)(=O)C1CCCC1)c1ccc(Cl)s1. The minimum atomic E-state index is -3.28. The van der Waals surface area contributed by atoms with Crippen molar-refractivity contribution >= 4 is 38.6 Å². The molecule has 0 aliphatic heterocycles. The van der Waals surface area contributed by atoms with Crippen molar-refractivity contribution < 1.29 is 13.2 Å². The molecule has 1 saturated carbocycles. The summed E-state index contributed by atoms with van der Waals surface area (Å²) in [4.78, 5) is 12.2. The zero-order valence-electron chi connectivity index (χ0n) is 9.19. The van der Waals surface area contributed by atoms with E-state index in [4.69, 9.17) is 11.6 Å². The van der Waals surface area contributed by atoms with E-state index in [0.29, 0.717) is 22.1 Å². The lowest BCUT2D eigenvalue weighted by Gasteiger charge is -2.09. The first-order valence-electron chi connectivity index (χ1n) is 5.49. The molecule has 0 bridgehead atoms. The second-order valence-electron chi connectivity index (χ2n) is 4.24. The zero-order valence-corrected chi connectivity index (χ0v) is 11.6. The predicted octanol–water partition coefficient (Wildman–Crippen LogP) is 2.94. The Morgan fingerprint density at radius 3 is 2.53 bits per heavy atom. The van der Waals surface area contributed by atoms with Crippen LogP contribution >= 0.6 is 22.9 Å². The lowest BCUT2D eigenvalue weighted by atomic mass is 10.3. The van der Waals surface area contributed by atoms with Crippen LogP contribution in [0.15, 0.2) is 12.1 Å². The number of hydrogen-bond donors (Lipinski definition) is 0. The third-order valence-electron chi connectivity index (χ3n) is 2.99. The minimum absolute atomic E-state index is 0.318. The van der Waals surface area contributed by atoms with Crippen molar-refractivity contribution in [2.75, 3.05) is 5.75 Å². The third-order valence-corrected chi connectivity index (χ3v) is 6.41. The fourth-order valence-electron chi connectivity index (χ4n) is 2.08. The monoisotopic (exact) mass is 292 g/mol. The van der Waals surface area contributed by atoms with Crippen molar-refractivity contribution in [2.24, 2.45) is 0 Å². The number of halogens is 1. The second-order valence-corrected chi connectivity index (χ2v) is 8.24. The summed E-state index contributed by atoms with van der Waals surface area (Å²) >= 11 is 6.85. The van der Waals surface area contributed by atoms with Gasteiger partial charge >= 0.3 is 0 Å². The van der Waals surface area contributed by atoms with Crippen LogP contribution in [0, 0.1) is 0 Å². The maximum atomic E-state index is 12.0. The number of hydrogen-bond acceptors (Lipinski definition) is 4. The zero-order chi connectivity index (χ0) is 12.5. The average molecular weight is 293 g/mol. The Kier molecular flexibility index (Phi) is 3.90. The molecule has 3 nitrogen and oxygen atoms in total. The van der Waals surface area contributed by atoms with Gasteiger partial charge in [-0.1, -0.05) is 24.4 Å². The van der Waals surface area contributed by atoms with Crippen LogP contribution in [0.2, 0.25) is 4.34 Å². The van der Waals surface area contributed by atoms with Gasteiger partial charge in [0, 0.05) is 0 Å². The fourth-order valence-corrected chi connectivity index (χ4v) is 4.96. The molecule has 0 spiro atoms. The summed E-state index contributed by atoms with van der Waals surface area (Å²) in [5, 5.41) is -0.318. The Hall–Kier alpha value is -0.390. The molecule has 1 heterocycles. The van der Waals surface area contributed by atoms with E-state index in [9.17, 15) is 13.2 Å². The van der Waals surface area contributed by atoms with Crippen LogP contribution in [-0.4, -0.2) is 25.2 Å². The summed E-state index contributed by atoms with van der Waals surface area (Å²) in [6.45, 7) is 0. The molecule has 2 rings (SSSR count). The van der Waals surface area contributed by atoms with Crippen LogP contribution in [0.25, 0.3) is 0 Å². The molecular formula is C11H13ClO3S2. The van der Waals surface area contributed by atoms with Gasteiger partial charge in [0.1, 0.15) is 5.75 Å². The molecule has 0 N–H and O–H groups in total. The van der Waals surface area contributed by atoms with Gasteiger partial charge in [0.2, 0.25) is 0 Å². The number of carbonyl (C=O) groups is 1. The number of ketones is 1. The maximum absolute atomic E-state index is 12.0. The molecule has 17 heavy (non-hydrogen) atoms. The van der Waals surface area contributed by atoms with Crippen molar-refractivity contribution in [3.63, 3.8) is 0 Å². The second kappa shape index (κ2) is 5.08. The lowest BCUT2D eigenvalue weighted by molar-refractivity contribution is 0.102. The molecule has 1 aliphatic carbocycles. The van der Waals surface area contributed by atoms with E-state index in [1.54, 1.807) is 12.1 Å². The van der Waals surface area contributed by atoms with Crippen LogP contribution in [-0.2, 0) is 9.84 Å². The lowest BCUT2D eigenvalue weighted by Crippen LogP contribution is -2.25. The van der Waals surface area contributed by atoms with Gasteiger partial charge in [-0.25, -0.2) is 8.42 Å². The van der Waals surface area contributed by atoms with Crippen LogP contribution in [0.5, 0.6) is 0 Å². The smallest absolute Gasteiger partial charge is 0.187 e. The molecule has 94 valence electrons. The average Bonchev–Trinajstić information content (AvgIpc) is 2.86. The molecule has 6 heteroatoms. The molecule has 1 aromatic heterocycles. The van der Waals surface area contributed by atoms with E-state index in [-0.39, 0.29) is 16.8 Å². The molecule has 0 radical (unpaired) electrons. The highest BCUT2D eigenvalue weighted by atomic mass is 35.5. The van der Waals surface area contributed by atoms with E-state index in [1.807, 2.05) is 0 Å². The van der Waals surface area contributed by atoms with E-state index < -0.39 is 9.84 Å². The summed E-state index contributed by atoms with van der Waals surface area (Å²) < 4.78 is 24.5. The third kappa shape index (κ3) is 3.09. The van der Waals surface area contributed by atoms with Crippen LogP contribution in [0.4, 0.5) is 0 Å². The van der Waals surface area contributed by atoms with Crippen molar-refractivity contribution in [2.45, 2.75) is 30.9 Å². The summed E-state index contributed by atoms with van der Waals surface area (Å²) in [6.07, 6.45) is 3.29. The quantitative estimate of drug-likeness (QED) is 0.802. The summed E-state index contributed by atoms with van der Waals surface area (Å²) in [5.41, 5.74) is 0. The fraction of sp³-hybridized carbons (Fsp3) is 0.545. The minimum Gasteiger partial charge on any atom is -0.292 e. The molecule has 0 unspecified atom stereocenters. The predicted molar refractivity (Wildman–Crippen MR) is 69.7 cm³/mol. The molecular weight excluding hydrogens is 280 g/mol. The van der Waals surface area contributed by atoms with Crippen molar-refractivity contribution in [1.29, 1.82) is 0 Å². The van der Waals surface area contributed by atoms with Gasteiger partial charge in [-0.05, 0) is 25.0 Å². The van der Waals surface area contributed by atoms with Crippen molar-refractivity contribution in [3.05, 3.63) is 21.3 Å². The van der Waals surface area contributed by atoms with Gasteiger partial charge in [0.15, 0.2) is 15.6 Å². The van der Waals surface area contributed by atoms with E-state index in [2.05, 4.69) is 0 Å². The van der Waals surface area contributed by atoms with Gasteiger partial charge in [0.05, 0.1) is 14.5 Å². The first-order valence-corrected chi connectivity index (χ1v) is 8.40. The Bertz CT molecular complexity index is 513. The van der Waals surface area contributed by atoms with Crippen molar-refractivity contribution in [3.8, 4) is 0 Å². The first-order chi connectivity index (χ1) is 7.99. The van der Waals surface area contributed by atoms with Crippen LogP contribution in [0.1, 0.15) is 35.4 Å². The van der Waals surface area contributed by atoms with Gasteiger partial charge in [-0.15, -0.1) is 11.3 Å². The van der Waals surface area contributed by atoms with Gasteiger partial charge < -0.3 is 0 Å². The van der Waals surface area contributed by atoms with E-state index in [1.165, 1.54) is 0 Å². The topological polar surface area (TPSA) is 51.2 Å². The van der Waals surface area contributed by atoms with E-state index in [0.717, 1.165) is 24.2 Å². The molecule has 1 fully saturated rings. The van der Waals surface area contributed by atoms with Gasteiger partial charge in [0.25, 0.3) is 0 Å². The van der Waals surface area contributed by atoms with Crippen LogP contribution < -0.4 is 0 Å². The summed E-state index contributed by atoms with van der Waals surface area (Å²) in [7, 11) is -3.28. The molecule has 1 aliphatic rings. The highest BCUT2D eigenvalue weighted by molar-refractivity contribution is 7.92. The highest BCUT2D eigenvalue weighted by Gasteiger charge is 2.31. The Labute approximate surface area is 110 Å². The number of carbonyl (C=O) groups excluding carboxylic acids is 1. The molecule has 1 aromatic rings. The normalized spacial score (nSPS) is 17.5. The largest absolute Gasteiger partial charge is 0.292 e. The van der Waals surface area contributed by atoms with Gasteiger partial charge in [-0.2, -0.15) is 0 Å². The number of sulfone groups is 1. The number of rotatable bonds is 4.